The summed E-state index contributed by atoms with van der Waals surface area (Å²) in [5.41, 5.74) is 2.99. The number of aromatic nitrogens is 5. The molecular weight excluding hydrogens is 412 g/mol. The van der Waals surface area contributed by atoms with Crippen LogP contribution in [0.25, 0.3) is 11.2 Å². The van der Waals surface area contributed by atoms with Crippen LogP contribution in [-0.4, -0.2) is 43.5 Å². The van der Waals surface area contributed by atoms with Gasteiger partial charge in [-0.25, -0.2) is 14.5 Å². The van der Waals surface area contributed by atoms with E-state index in [1.807, 2.05) is 31.2 Å². The molecule has 2 heterocycles. The average Bonchev–Trinajstić information content (AvgIpc) is 3.20. The number of methoxy groups -OCH3 is 1. The van der Waals surface area contributed by atoms with E-state index >= 15 is 0 Å². The summed E-state index contributed by atoms with van der Waals surface area (Å²) < 4.78 is 7.36. The lowest BCUT2D eigenvalue weighted by atomic mass is 10.1. The van der Waals surface area contributed by atoms with Crippen LogP contribution < -0.4 is 10.9 Å². The highest BCUT2D eigenvalue weighted by molar-refractivity contribution is 5.93. The van der Waals surface area contributed by atoms with Crippen molar-refractivity contribution in [2.75, 3.05) is 12.4 Å². The molecule has 1 N–H and O–H groups in total. The lowest BCUT2D eigenvalue weighted by molar-refractivity contribution is -0.116. The number of esters is 1. The normalized spacial score (nSPS) is 10.8. The molecule has 10 heteroatoms. The Morgan fingerprint density at radius 2 is 1.78 bits per heavy atom. The predicted molar refractivity (Wildman–Crippen MR) is 116 cm³/mol. The molecule has 2 aromatic heterocycles. The Bertz CT molecular complexity index is 1340. The van der Waals surface area contributed by atoms with Gasteiger partial charge in [-0.2, -0.15) is 0 Å². The molecule has 0 unspecified atom stereocenters. The number of carbonyl (C=O) groups excluding carboxylic acids is 2. The number of amides is 1. The van der Waals surface area contributed by atoms with Crippen LogP contribution in [0.5, 0.6) is 0 Å². The first-order valence-electron chi connectivity index (χ1n) is 9.77. The third kappa shape index (κ3) is 4.38. The minimum Gasteiger partial charge on any atom is -0.465 e. The number of nitrogens with zero attached hydrogens (tertiary/aromatic N) is 5. The van der Waals surface area contributed by atoms with Gasteiger partial charge >= 0.3 is 5.97 Å². The van der Waals surface area contributed by atoms with E-state index in [0.717, 1.165) is 11.1 Å². The molecule has 0 aliphatic carbocycles. The van der Waals surface area contributed by atoms with Gasteiger partial charge in [-0.05, 0) is 36.8 Å². The molecule has 0 fully saturated rings. The molecule has 0 saturated heterocycles. The second-order valence-electron chi connectivity index (χ2n) is 7.20. The molecular formula is C22H20N6O4. The minimum atomic E-state index is -0.468. The standard InChI is InChI=1S/C22H20N6O4/c1-14-3-5-15(6-4-14)11-28-20-19(25-26-28)21(30)27(13-23-20)12-18(29)24-17-9-7-16(8-10-17)22(31)32-2/h3-10,13H,11-12H2,1-2H3,(H,24,29). The largest absolute Gasteiger partial charge is 0.465 e. The van der Waals surface area contributed by atoms with Crippen LogP contribution in [0.15, 0.2) is 59.7 Å². The summed E-state index contributed by atoms with van der Waals surface area (Å²) in [6.45, 7) is 2.19. The summed E-state index contributed by atoms with van der Waals surface area (Å²) in [5.74, 6) is -0.893. The van der Waals surface area contributed by atoms with Gasteiger partial charge in [-0.3, -0.25) is 14.2 Å². The van der Waals surface area contributed by atoms with Crippen molar-refractivity contribution >= 4 is 28.7 Å². The molecule has 0 radical (unpaired) electrons. The average molecular weight is 432 g/mol. The molecule has 2 aromatic carbocycles. The highest BCUT2D eigenvalue weighted by Crippen LogP contribution is 2.11. The smallest absolute Gasteiger partial charge is 0.337 e. The number of benzene rings is 2. The summed E-state index contributed by atoms with van der Waals surface area (Å²) in [4.78, 5) is 40.9. The van der Waals surface area contributed by atoms with Gasteiger partial charge in [0.2, 0.25) is 5.91 Å². The number of rotatable bonds is 6. The topological polar surface area (TPSA) is 121 Å². The van der Waals surface area contributed by atoms with Crippen molar-refractivity contribution < 1.29 is 14.3 Å². The van der Waals surface area contributed by atoms with Crippen LogP contribution in [0.3, 0.4) is 0 Å². The highest BCUT2D eigenvalue weighted by atomic mass is 16.5. The molecule has 4 rings (SSSR count). The Morgan fingerprint density at radius 3 is 2.47 bits per heavy atom. The number of fused-ring (bicyclic) bond motifs is 1. The van der Waals surface area contributed by atoms with Crippen molar-refractivity contribution in [2.24, 2.45) is 0 Å². The molecule has 32 heavy (non-hydrogen) atoms. The van der Waals surface area contributed by atoms with Gasteiger partial charge in [0.1, 0.15) is 12.9 Å². The van der Waals surface area contributed by atoms with E-state index in [2.05, 4.69) is 25.3 Å². The van der Waals surface area contributed by atoms with Gasteiger partial charge in [0.15, 0.2) is 11.2 Å². The number of anilines is 1. The predicted octanol–water partition coefficient (Wildman–Crippen LogP) is 1.77. The lowest BCUT2D eigenvalue weighted by Gasteiger charge is -2.08. The van der Waals surface area contributed by atoms with Crippen molar-refractivity contribution in [3.05, 3.63) is 81.9 Å². The summed E-state index contributed by atoms with van der Waals surface area (Å²) >= 11 is 0. The van der Waals surface area contributed by atoms with Gasteiger partial charge in [-0.1, -0.05) is 35.0 Å². The Hall–Kier alpha value is -4.34. The van der Waals surface area contributed by atoms with Crippen molar-refractivity contribution in [3.63, 3.8) is 0 Å². The van der Waals surface area contributed by atoms with Crippen molar-refractivity contribution in [1.29, 1.82) is 0 Å². The van der Waals surface area contributed by atoms with Gasteiger partial charge in [0.05, 0.1) is 19.2 Å². The second-order valence-corrected chi connectivity index (χ2v) is 7.20. The van der Waals surface area contributed by atoms with Crippen LogP contribution in [-0.2, 0) is 22.6 Å². The van der Waals surface area contributed by atoms with E-state index in [9.17, 15) is 14.4 Å². The van der Waals surface area contributed by atoms with Crippen LogP contribution in [0.4, 0.5) is 5.69 Å². The van der Waals surface area contributed by atoms with Crippen molar-refractivity contribution in [1.82, 2.24) is 24.5 Å². The highest BCUT2D eigenvalue weighted by Gasteiger charge is 2.14. The third-order valence-corrected chi connectivity index (χ3v) is 4.85. The zero-order valence-electron chi connectivity index (χ0n) is 17.5. The maximum Gasteiger partial charge on any atom is 0.337 e. The third-order valence-electron chi connectivity index (χ3n) is 4.85. The fraction of sp³-hybridized carbons (Fsp3) is 0.182. The molecule has 1 amide bonds. The fourth-order valence-corrected chi connectivity index (χ4v) is 3.14. The summed E-state index contributed by atoms with van der Waals surface area (Å²) in [6.07, 6.45) is 1.31. The van der Waals surface area contributed by atoms with Gasteiger partial charge < -0.3 is 10.1 Å². The maximum atomic E-state index is 12.8. The Labute approximate surface area is 182 Å². The van der Waals surface area contributed by atoms with Gasteiger partial charge in [-0.15, -0.1) is 5.10 Å². The second kappa shape index (κ2) is 8.80. The first kappa shape index (κ1) is 20.9. The quantitative estimate of drug-likeness (QED) is 0.461. The number of carbonyl (C=O) groups is 2. The van der Waals surface area contributed by atoms with Crippen LogP contribution in [0, 0.1) is 6.92 Å². The fourth-order valence-electron chi connectivity index (χ4n) is 3.14. The molecule has 0 aliphatic heterocycles. The van der Waals surface area contributed by atoms with Crippen LogP contribution >= 0.6 is 0 Å². The monoisotopic (exact) mass is 432 g/mol. The molecule has 0 bridgehead atoms. The number of nitrogens with one attached hydrogen (secondary N) is 1. The molecule has 0 atom stereocenters. The first-order chi connectivity index (χ1) is 15.4. The van der Waals surface area contributed by atoms with Crippen molar-refractivity contribution in [3.8, 4) is 0 Å². The molecule has 4 aromatic rings. The van der Waals surface area contributed by atoms with E-state index in [1.165, 1.54) is 30.1 Å². The van der Waals surface area contributed by atoms with Crippen LogP contribution in [0.1, 0.15) is 21.5 Å². The van der Waals surface area contributed by atoms with E-state index in [1.54, 1.807) is 16.8 Å². The molecule has 0 saturated carbocycles. The molecule has 10 nitrogen and oxygen atoms in total. The summed E-state index contributed by atoms with van der Waals surface area (Å²) in [7, 11) is 1.29. The van der Waals surface area contributed by atoms with Crippen LogP contribution in [0.2, 0.25) is 0 Å². The SMILES string of the molecule is COC(=O)c1ccc(NC(=O)Cn2cnc3c(nnn3Cc3ccc(C)cc3)c2=O)cc1. The van der Waals surface area contributed by atoms with Gasteiger partial charge in [0, 0.05) is 5.69 Å². The number of hydrogen-bond donors (Lipinski definition) is 1. The number of ether oxygens (including phenoxy) is 1. The van der Waals surface area contributed by atoms with Gasteiger partial charge in [0.25, 0.3) is 5.56 Å². The Balaban J connectivity index is 1.48. The zero-order chi connectivity index (χ0) is 22.7. The van der Waals surface area contributed by atoms with E-state index in [4.69, 9.17) is 0 Å². The Morgan fingerprint density at radius 1 is 1.06 bits per heavy atom. The molecule has 0 spiro atoms. The van der Waals surface area contributed by atoms with E-state index < -0.39 is 17.4 Å². The molecule has 0 aliphatic rings. The lowest BCUT2D eigenvalue weighted by Crippen LogP contribution is -2.28. The first-order valence-corrected chi connectivity index (χ1v) is 9.77. The number of aryl methyl sites for hydroxylation is 1. The van der Waals surface area contributed by atoms with E-state index in [0.29, 0.717) is 23.4 Å². The summed E-state index contributed by atoms with van der Waals surface area (Å²) in [6, 6.07) is 14.2. The summed E-state index contributed by atoms with van der Waals surface area (Å²) in [5, 5.41) is 10.7. The van der Waals surface area contributed by atoms with Crippen molar-refractivity contribution in [2.45, 2.75) is 20.0 Å². The maximum absolute atomic E-state index is 12.8. The number of hydrogen-bond acceptors (Lipinski definition) is 7. The minimum absolute atomic E-state index is 0.0924. The zero-order valence-corrected chi connectivity index (χ0v) is 17.5. The molecule has 162 valence electrons. The Kier molecular flexibility index (Phi) is 5.75. The van der Waals surface area contributed by atoms with E-state index in [-0.39, 0.29) is 12.1 Å².